The van der Waals surface area contributed by atoms with Gasteiger partial charge in [0.15, 0.2) is 0 Å². The largest absolute Gasteiger partial charge is 0.387 e. The molecule has 1 N–H and O–H groups in total. The summed E-state index contributed by atoms with van der Waals surface area (Å²) >= 11 is 0. The van der Waals surface area contributed by atoms with Crippen LogP contribution in [0.2, 0.25) is 0 Å². The molecular weight excluding hydrogens is 226 g/mol. The van der Waals surface area contributed by atoms with Crippen molar-refractivity contribution in [3.8, 4) is 6.07 Å². The number of amides is 1. The van der Waals surface area contributed by atoms with E-state index in [0.29, 0.717) is 12.0 Å². The van der Waals surface area contributed by atoms with E-state index in [4.69, 9.17) is 5.26 Å². The van der Waals surface area contributed by atoms with E-state index in [1.54, 1.807) is 19.0 Å². The molecule has 0 heterocycles. The Morgan fingerprint density at radius 2 is 2.22 bits per heavy atom. The van der Waals surface area contributed by atoms with E-state index in [2.05, 4.69) is 11.4 Å². The van der Waals surface area contributed by atoms with Gasteiger partial charge in [-0.1, -0.05) is 6.07 Å². The zero-order chi connectivity index (χ0) is 13.7. The molecule has 0 bridgehead atoms. The molecule has 0 radical (unpaired) electrons. The molecule has 4 nitrogen and oxygen atoms in total. The van der Waals surface area contributed by atoms with Gasteiger partial charge in [0.2, 0.25) is 0 Å². The SMILES string of the molecule is CNc1cc(C)ccc1C(=O)N(C)C(C)CC#N. The molecule has 1 unspecified atom stereocenters. The summed E-state index contributed by atoms with van der Waals surface area (Å²) in [7, 11) is 3.52. The Labute approximate surface area is 108 Å². The number of benzene rings is 1. The second-order valence-electron chi connectivity index (χ2n) is 4.43. The Bertz CT molecular complexity index is 476. The fourth-order valence-electron chi connectivity index (χ4n) is 1.71. The van der Waals surface area contributed by atoms with Crippen molar-refractivity contribution in [3.05, 3.63) is 29.3 Å². The fraction of sp³-hybridized carbons (Fsp3) is 0.429. The van der Waals surface area contributed by atoms with E-state index in [9.17, 15) is 4.79 Å². The van der Waals surface area contributed by atoms with Gasteiger partial charge >= 0.3 is 0 Å². The van der Waals surface area contributed by atoms with Crippen LogP contribution in [-0.4, -0.2) is 30.9 Å². The molecule has 18 heavy (non-hydrogen) atoms. The van der Waals surface area contributed by atoms with Crippen molar-refractivity contribution in [1.82, 2.24) is 4.90 Å². The number of anilines is 1. The van der Waals surface area contributed by atoms with Gasteiger partial charge in [0.25, 0.3) is 5.91 Å². The molecule has 1 rings (SSSR count). The molecule has 1 atom stereocenters. The van der Waals surface area contributed by atoms with Gasteiger partial charge in [-0.2, -0.15) is 5.26 Å². The molecule has 0 saturated heterocycles. The highest BCUT2D eigenvalue weighted by atomic mass is 16.2. The molecule has 0 fully saturated rings. The molecule has 0 saturated carbocycles. The second kappa shape index (κ2) is 6.06. The van der Waals surface area contributed by atoms with Crippen LogP contribution in [0.25, 0.3) is 0 Å². The predicted molar refractivity (Wildman–Crippen MR) is 72.5 cm³/mol. The highest BCUT2D eigenvalue weighted by Gasteiger charge is 2.19. The minimum Gasteiger partial charge on any atom is -0.387 e. The highest BCUT2D eigenvalue weighted by molar-refractivity contribution is 5.99. The number of carbonyl (C=O) groups is 1. The lowest BCUT2D eigenvalue weighted by Gasteiger charge is -2.24. The van der Waals surface area contributed by atoms with Crippen molar-refractivity contribution in [2.45, 2.75) is 26.3 Å². The Morgan fingerprint density at radius 3 is 2.78 bits per heavy atom. The van der Waals surface area contributed by atoms with Crippen LogP contribution in [0.5, 0.6) is 0 Å². The van der Waals surface area contributed by atoms with Gasteiger partial charge in [-0.25, -0.2) is 0 Å². The Hall–Kier alpha value is -2.02. The lowest BCUT2D eigenvalue weighted by Crippen LogP contribution is -2.35. The van der Waals surface area contributed by atoms with E-state index in [1.807, 2.05) is 32.0 Å². The van der Waals surface area contributed by atoms with Gasteiger partial charge in [0.05, 0.1) is 18.1 Å². The Morgan fingerprint density at radius 1 is 1.56 bits per heavy atom. The molecule has 1 aromatic rings. The van der Waals surface area contributed by atoms with Gasteiger partial charge in [-0.3, -0.25) is 4.79 Å². The average molecular weight is 245 g/mol. The van der Waals surface area contributed by atoms with Crippen LogP contribution in [0.3, 0.4) is 0 Å². The summed E-state index contributed by atoms with van der Waals surface area (Å²) in [5.74, 6) is -0.0675. The first-order valence-electron chi connectivity index (χ1n) is 5.93. The number of hydrogen-bond acceptors (Lipinski definition) is 3. The maximum Gasteiger partial charge on any atom is 0.255 e. The van der Waals surface area contributed by atoms with Gasteiger partial charge in [-0.05, 0) is 31.5 Å². The number of carbonyl (C=O) groups excluding carboxylic acids is 1. The molecule has 96 valence electrons. The zero-order valence-electron chi connectivity index (χ0n) is 11.3. The third-order valence-corrected chi connectivity index (χ3v) is 3.04. The first-order chi connectivity index (χ1) is 8.51. The fourth-order valence-corrected chi connectivity index (χ4v) is 1.71. The van der Waals surface area contributed by atoms with Crippen LogP contribution in [0.15, 0.2) is 18.2 Å². The summed E-state index contributed by atoms with van der Waals surface area (Å²) < 4.78 is 0. The van der Waals surface area contributed by atoms with Crippen LogP contribution in [0.1, 0.15) is 29.3 Å². The maximum atomic E-state index is 12.3. The normalized spacial score (nSPS) is 11.5. The highest BCUT2D eigenvalue weighted by Crippen LogP contribution is 2.19. The van der Waals surface area contributed by atoms with Crippen molar-refractivity contribution in [2.24, 2.45) is 0 Å². The maximum absolute atomic E-state index is 12.3. The Kier molecular flexibility index (Phi) is 4.73. The minimum atomic E-state index is -0.0893. The summed E-state index contributed by atoms with van der Waals surface area (Å²) in [5, 5.41) is 11.7. The Balaban J connectivity index is 3.00. The van der Waals surface area contributed by atoms with Crippen molar-refractivity contribution in [1.29, 1.82) is 5.26 Å². The molecule has 0 aliphatic heterocycles. The van der Waals surface area contributed by atoms with Gasteiger partial charge < -0.3 is 10.2 Å². The average Bonchev–Trinajstić information content (AvgIpc) is 2.37. The lowest BCUT2D eigenvalue weighted by atomic mass is 10.1. The van der Waals surface area contributed by atoms with Gasteiger partial charge in [0, 0.05) is 25.8 Å². The topological polar surface area (TPSA) is 56.1 Å². The quantitative estimate of drug-likeness (QED) is 0.886. The van der Waals surface area contributed by atoms with Crippen molar-refractivity contribution < 1.29 is 4.79 Å². The van der Waals surface area contributed by atoms with Crippen molar-refractivity contribution >= 4 is 11.6 Å². The van der Waals surface area contributed by atoms with E-state index >= 15 is 0 Å². The molecular formula is C14H19N3O. The predicted octanol–water partition coefficient (Wildman–Crippen LogP) is 2.41. The van der Waals surface area contributed by atoms with Crippen molar-refractivity contribution in [2.75, 3.05) is 19.4 Å². The standard InChI is InChI=1S/C14H19N3O/c1-10-5-6-12(13(9-10)16-3)14(18)17(4)11(2)7-8-15/h5-6,9,11,16H,7H2,1-4H3. The second-order valence-corrected chi connectivity index (χ2v) is 4.43. The molecule has 0 aromatic heterocycles. The summed E-state index contributed by atoms with van der Waals surface area (Å²) in [6.07, 6.45) is 0.336. The minimum absolute atomic E-state index is 0.0675. The van der Waals surface area contributed by atoms with Crippen LogP contribution in [-0.2, 0) is 0 Å². The monoisotopic (exact) mass is 245 g/mol. The molecule has 0 aliphatic rings. The number of rotatable bonds is 4. The third-order valence-electron chi connectivity index (χ3n) is 3.04. The number of nitriles is 1. The van der Waals surface area contributed by atoms with E-state index in [1.165, 1.54) is 0 Å². The zero-order valence-corrected chi connectivity index (χ0v) is 11.3. The molecule has 4 heteroatoms. The summed E-state index contributed by atoms with van der Waals surface area (Å²) in [4.78, 5) is 13.9. The smallest absolute Gasteiger partial charge is 0.255 e. The third kappa shape index (κ3) is 3.01. The number of nitrogens with one attached hydrogen (secondary N) is 1. The molecule has 1 amide bonds. The van der Waals surface area contributed by atoms with E-state index < -0.39 is 0 Å². The molecule has 1 aromatic carbocycles. The number of hydrogen-bond donors (Lipinski definition) is 1. The van der Waals surface area contributed by atoms with Crippen LogP contribution in [0, 0.1) is 18.3 Å². The van der Waals surface area contributed by atoms with Gasteiger partial charge in [0.1, 0.15) is 0 Å². The summed E-state index contributed by atoms with van der Waals surface area (Å²) in [6, 6.07) is 7.67. The lowest BCUT2D eigenvalue weighted by molar-refractivity contribution is 0.0747. The van der Waals surface area contributed by atoms with Crippen LogP contribution in [0.4, 0.5) is 5.69 Å². The van der Waals surface area contributed by atoms with E-state index in [-0.39, 0.29) is 11.9 Å². The van der Waals surface area contributed by atoms with E-state index in [0.717, 1.165) is 11.3 Å². The number of aryl methyl sites for hydroxylation is 1. The molecule has 0 spiro atoms. The first kappa shape index (κ1) is 14.0. The van der Waals surface area contributed by atoms with Gasteiger partial charge in [-0.15, -0.1) is 0 Å². The molecule has 0 aliphatic carbocycles. The summed E-state index contributed by atoms with van der Waals surface area (Å²) in [6.45, 7) is 3.85. The number of nitrogens with zero attached hydrogens (tertiary/aromatic N) is 2. The van der Waals surface area contributed by atoms with Crippen LogP contribution >= 0.6 is 0 Å². The first-order valence-corrected chi connectivity index (χ1v) is 5.93. The van der Waals surface area contributed by atoms with Crippen molar-refractivity contribution in [3.63, 3.8) is 0 Å². The summed E-state index contributed by atoms with van der Waals surface area (Å²) in [5.41, 5.74) is 2.55. The van der Waals surface area contributed by atoms with Crippen LogP contribution < -0.4 is 5.32 Å².